The zero-order chi connectivity index (χ0) is 15.2. The summed E-state index contributed by atoms with van der Waals surface area (Å²) in [4.78, 5) is 12.1. The molecule has 5 nitrogen and oxygen atoms in total. The zero-order valence-corrected chi connectivity index (χ0v) is 12.7. The van der Waals surface area contributed by atoms with Gasteiger partial charge in [-0.05, 0) is 37.6 Å². The molecule has 0 bridgehead atoms. The highest BCUT2D eigenvalue weighted by atomic mass is 16.5. The molecule has 0 aliphatic carbocycles. The van der Waals surface area contributed by atoms with E-state index in [0.717, 1.165) is 30.0 Å². The number of nitrogens with one attached hydrogen (secondary N) is 1. The fourth-order valence-electron chi connectivity index (χ4n) is 2.24. The number of methoxy groups -OCH3 is 1. The quantitative estimate of drug-likeness (QED) is 0.888. The first-order valence-corrected chi connectivity index (χ1v) is 7.20. The third kappa shape index (κ3) is 3.24. The van der Waals surface area contributed by atoms with Crippen LogP contribution in [0.5, 0.6) is 5.75 Å². The lowest BCUT2D eigenvalue weighted by Crippen LogP contribution is -2.23. The third-order valence-corrected chi connectivity index (χ3v) is 3.25. The SMILES string of the molecule is CCCc1c(C(=O)NCC)cnn1-c1ccc(OC)cc1. The lowest BCUT2D eigenvalue weighted by molar-refractivity contribution is 0.0955. The molecule has 0 unspecified atom stereocenters. The number of carbonyl (C=O) groups is 1. The van der Waals surface area contributed by atoms with Crippen LogP contribution in [0.4, 0.5) is 0 Å². The van der Waals surface area contributed by atoms with Crippen molar-refractivity contribution in [3.63, 3.8) is 0 Å². The summed E-state index contributed by atoms with van der Waals surface area (Å²) >= 11 is 0. The second kappa shape index (κ2) is 6.92. The van der Waals surface area contributed by atoms with Crippen LogP contribution in [-0.4, -0.2) is 29.3 Å². The summed E-state index contributed by atoms with van der Waals surface area (Å²) in [7, 11) is 1.64. The lowest BCUT2D eigenvalue weighted by Gasteiger charge is -2.09. The number of carbonyl (C=O) groups excluding carboxylic acids is 1. The highest BCUT2D eigenvalue weighted by Gasteiger charge is 2.17. The maximum atomic E-state index is 12.1. The number of benzene rings is 1. The Morgan fingerprint density at radius 3 is 2.57 bits per heavy atom. The predicted molar refractivity (Wildman–Crippen MR) is 82.1 cm³/mol. The Hall–Kier alpha value is -2.30. The van der Waals surface area contributed by atoms with Gasteiger partial charge in [0.15, 0.2) is 0 Å². The van der Waals surface area contributed by atoms with E-state index in [2.05, 4.69) is 17.3 Å². The van der Waals surface area contributed by atoms with Gasteiger partial charge in [0.25, 0.3) is 5.91 Å². The van der Waals surface area contributed by atoms with Crippen LogP contribution in [0.3, 0.4) is 0 Å². The van der Waals surface area contributed by atoms with Crippen LogP contribution in [0.1, 0.15) is 36.3 Å². The molecule has 0 saturated carbocycles. The Labute approximate surface area is 124 Å². The van der Waals surface area contributed by atoms with Crippen LogP contribution in [0.25, 0.3) is 5.69 Å². The van der Waals surface area contributed by atoms with E-state index in [9.17, 15) is 4.79 Å². The maximum Gasteiger partial charge on any atom is 0.254 e. The topological polar surface area (TPSA) is 56.2 Å². The van der Waals surface area contributed by atoms with Crippen LogP contribution < -0.4 is 10.1 Å². The molecule has 21 heavy (non-hydrogen) atoms. The first-order chi connectivity index (χ1) is 10.2. The Balaban J connectivity index is 2.40. The molecule has 1 N–H and O–H groups in total. The highest BCUT2D eigenvalue weighted by molar-refractivity contribution is 5.95. The summed E-state index contributed by atoms with van der Waals surface area (Å²) in [5.74, 6) is 0.729. The van der Waals surface area contributed by atoms with E-state index in [-0.39, 0.29) is 5.91 Å². The monoisotopic (exact) mass is 287 g/mol. The van der Waals surface area contributed by atoms with Gasteiger partial charge in [-0.1, -0.05) is 13.3 Å². The number of rotatable bonds is 6. The van der Waals surface area contributed by atoms with Crippen molar-refractivity contribution in [2.45, 2.75) is 26.7 Å². The highest BCUT2D eigenvalue weighted by Crippen LogP contribution is 2.19. The summed E-state index contributed by atoms with van der Waals surface area (Å²) in [6, 6.07) is 7.65. The van der Waals surface area contributed by atoms with Gasteiger partial charge in [-0.2, -0.15) is 5.10 Å². The van der Waals surface area contributed by atoms with Crippen molar-refractivity contribution in [1.82, 2.24) is 15.1 Å². The first-order valence-electron chi connectivity index (χ1n) is 7.20. The van der Waals surface area contributed by atoms with Crippen molar-refractivity contribution in [1.29, 1.82) is 0 Å². The second-order valence-electron chi connectivity index (χ2n) is 4.72. The fourth-order valence-corrected chi connectivity index (χ4v) is 2.24. The maximum absolute atomic E-state index is 12.1. The van der Waals surface area contributed by atoms with Crippen LogP contribution in [0, 0.1) is 0 Å². The third-order valence-electron chi connectivity index (χ3n) is 3.25. The summed E-state index contributed by atoms with van der Waals surface area (Å²) in [5, 5.41) is 7.21. The van der Waals surface area contributed by atoms with Gasteiger partial charge in [0.2, 0.25) is 0 Å². The van der Waals surface area contributed by atoms with Crippen molar-refractivity contribution < 1.29 is 9.53 Å². The van der Waals surface area contributed by atoms with Crippen LogP contribution in [0.15, 0.2) is 30.5 Å². The number of nitrogens with zero attached hydrogens (tertiary/aromatic N) is 2. The van der Waals surface area contributed by atoms with Crippen LogP contribution >= 0.6 is 0 Å². The van der Waals surface area contributed by atoms with E-state index in [1.165, 1.54) is 0 Å². The molecule has 5 heteroatoms. The molecule has 0 radical (unpaired) electrons. The minimum Gasteiger partial charge on any atom is -0.497 e. The number of hydrogen-bond acceptors (Lipinski definition) is 3. The molecule has 1 aromatic carbocycles. The normalized spacial score (nSPS) is 10.4. The average Bonchev–Trinajstić information content (AvgIpc) is 2.92. The van der Waals surface area contributed by atoms with E-state index in [1.54, 1.807) is 13.3 Å². The fraction of sp³-hybridized carbons (Fsp3) is 0.375. The van der Waals surface area contributed by atoms with Gasteiger partial charge in [-0.3, -0.25) is 4.79 Å². The smallest absolute Gasteiger partial charge is 0.254 e. The van der Waals surface area contributed by atoms with E-state index < -0.39 is 0 Å². The molecular weight excluding hydrogens is 266 g/mol. The molecular formula is C16H21N3O2. The minimum atomic E-state index is -0.0688. The predicted octanol–water partition coefficient (Wildman–Crippen LogP) is 2.58. The zero-order valence-electron chi connectivity index (χ0n) is 12.7. The molecule has 0 atom stereocenters. The van der Waals surface area contributed by atoms with E-state index in [4.69, 9.17) is 4.74 Å². The molecule has 1 heterocycles. The second-order valence-corrected chi connectivity index (χ2v) is 4.72. The molecule has 1 amide bonds. The number of amides is 1. The van der Waals surface area contributed by atoms with Gasteiger partial charge in [0.05, 0.1) is 30.3 Å². The molecule has 0 fully saturated rings. The Morgan fingerprint density at radius 1 is 1.29 bits per heavy atom. The van der Waals surface area contributed by atoms with E-state index in [0.29, 0.717) is 12.1 Å². The van der Waals surface area contributed by atoms with Gasteiger partial charge >= 0.3 is 0 Å². The van der Waals surface area contributed by atoms with Crippen molar-refractivity contribution >= 4 is 5.91 Å². The molecule has 0 aliphatic rings. The summed E-state index contributed by atoms with van der Waals surface area (Å²) in [6.45, 7) is 4.61. The standard InChI is InChI=1S/C16H21N3O2/c1-4-6-15-14(16(20)17-5-2)11-18-19(15)12-7-9-13(21-3)10-8-12/h7-11H,4-6H2,1-3H3,(H,17,20). The number of ether oxygens (including phenoxy) is 1. The van der Waals surface area contributed by atoms with Gasteiger partial charge in [0, 0.05) is 6.54 Å². The van der Waals surface area contributed by atoms with E-state index >= 15 is 0 Å². The largest absolute Gasteiger partial charge is 0.497 e. The molecule has 2 aromatic rings. The van der Waals surface area contributed by atoms with Crippen molar-refractivity contribution in [3.05, 3.63) is 41.7 Å². The molecule has 112 valence electrons. The minimum absolute atomic E-state index is 0.0688. The van der Waals surface area contributed by atoms with Crippen molar-refractivity contribution in [2.24, 2.45) is 0 Å². The van der Waals surface area contributed by atoms with Crippen LogP contribution in [0.2, 0.25) is 0 Å². The molecule has 0 aliphatic heterocycles. The lowest BCUT2D eigenvalue weighted by atomic mass is 10.1. The summed E-state index contributed by atoms with van der Waals surface area (Å²) in [6.07, 6.45) is 3.40. The van der Waals surface area contributed by atoms with Gasteiger partial charge < -0.3 is 10.1 Å². The Morgan fingerprint density at radius 2 is 2.00 bits per heavy atom. The number of aromatic nitrogens is 2. The molecule has 1 aromatic heterocycles. The van der Waals surface area contributed by atoms with Gasteiger partial charge in [-0.15, -0.1) is 0 Å². The van der Waals surface area contributed by atoms with Crippen molar-refractivity contribution in [2.75, 3.05) is 13.7 Å². The average molecular weight is 287 g/mol. The van der Waals surface area contributed by atoms with Gasteiger partial charge in [-0.25, -0.2) is 4.68 Å². The van der Waals surface area contributed by atoms with Crippen LogP contribution in [-0.2, 0) is 6.42 Å². The van der Waals surface area contributed by atoms with Gasteiger partial charge in [0.1, 0.15) is 5.75 Å². The number of hydrogen-bond donors (Lipinski definition) is 1. The van der Waals surface area contributed by atoms with Crippen molar-refractivity contribution in [3.8, 4) is 11.4 Å². The molecule has 0 spiro atoms. The molecule has 2 rings (SSSR count). The Bertz CT molecular complexity index is 602. The summed E-state index contributed by atoms with van der Waals surface area (Å²) in [5.41, 5.74) is 2.51. The first kappa shape index (κ1) is 15.1. The Kier molecular flexibility index (Phi) is 4.98. The molecule has 0 saturated heterocycles. The van der Waals surface area contributed by atoms with E-state index in [1.807, 2.05) is 35.9 Å². The summed E-state index contributed by atoms with van der Waals surface area (Å²) < 4.78 is 6.99.